The third-order valence-electron chi connectivity index (χ3n) is 7.50. The van der Waals surface area contributed by atoms with Gasteiger partial charge in [0.15, 0.2) is 0 Å². The van der Waals surface area contributed by atoms with Crippen LogP contribution in [0, 0.1) is 0 Å². The highest BCUT2D eigenvalue weighted by atomic mass is 16.3. The van der Waals surface area contributed by atoms with E-state index in [1.54, 1.807) is 10.9 Å². The van der Waals surface area contributed by atoms with Gasteiger partial charge in [-0.05, 0) is 18.9 Å². The lowest BCUT2D eigenvalue weighted by molar-refractivity contribution is 0.0735. The minimum atomic E-state index is -0.494. The predicted octanol–water partition coefficient (Wildman–Crippen LogP) is 3.09. The zero-order chi connectivity index (χ0) is 23.2. The largest absolute Gasteiger partial charge is 0.391 e. The van der Waals surface area contributed by atoms with Gasteiger partial charge in [-0.2, -0.15) is 5.10 Å². The summed E-state index contributed by atoms with van der Waals surface area (Å²) in [5.74, 6) is 0. The Balaban J connectivity index is 1.41. The smallest absolute Gasteiger partial charge is 0.261 e. The Bertz CT molecular complexity index is 1400. The molecule has 1 aliphatic carbocycles. The van der Waals surface area contributed by atoms with Gasteiger partial charge in [0.1, 0.15) is 0 Å². The standard InChI is InChI=1S/C26H30N6O2/c1-29-16-18(15-28-29)30-10-12-31(13-11-30)23-14-21-25(20-7-3-2-6-19(20)23)27-17-32(26(21)34)22-8-4-5-9-24(22)33/h2-3,6-7,14-17,22,24,33H,4-5,8-13H2,1H3/t22-,24-/m0/s1. The molecule has 1 saturated carbocycles. The van der Waals surface area contributed by atoms with Crippen molar-refractivity contribution >= 4 is 33.1 Å². The number of fused-ring (bicyclic) bond motifs is 3. The van der Waals surface area contributed by atoms with Gasteiger partial charge in [0.25, 0.3) is 5.56 Å². The van der Waals surface area contributed by atoms with Crippen LogP contribution in [-0.4, -0.2) is 56.7 Å². The highest BCUT2D eigenvalue weighted by Crippen LogP contribution is 2.34. The van der Waals surface area contributed by atoms with E-state index in [0.29, 0.717) is 5.39 Å². The first-order chi connectivity index (χ1) is 16.6. The Morgan fingerprint density at radius 1 is 0.971 bits per heavy atom. The lowest BCUT2D eigenvalue weighted by Crippen LogP contribution is -2.46. The van der Waals surface area contributed by atoms with E-state index in [2.05, 4.69) is 33.2 Å². The Kier molecular flexibility index (Phi) is 5.25. The molecule has 0 unspecified atom stereocenters. The van der Waals surface area contributed by atoms with Crippen molar-refractivity contribution in [2.75, 3.05) is 36.0 Å². The molecule has 2 atom stereocenters. The van der Waals surface area contributed by atoms with Crippen molar-refractivity contribution in [3.8, 4) is 0 Å². The van der Waals surface area contributed by atoms with Crippen LogP contribution in [0.25, 0.3) is 21.7 Å². The summed E-state index contributed by atoms with van der Waals surface area (Å²) < 4.78 is 3.50. The van der Waals surface area contributed by atoms with Crippen molar-refractivity contribution in [2.45, 2.75) is 37.8 Å². The number of anilines is 2. The van der Waals surface area contributed by atoms with Crippen molar-refractivity contribution < 1.29 is 5.11 Å². The number of aromatic nitrogens is 4. The molecule has 0 spiro atoms. The summed E-state index contributed by atoms with van der Waals surface area (Å²) in [5, 5.41) is 17.6. The summed E-state index contributed by atoms with van der Waals surface area (Å²) >= 11 is 0. The van der Waals surface area contributed by atoms with E-state index in [0.717, 1.165) is 79.5 Å². The van der Waals surface area contributed by atoms with E-state index < -0.39 is 6.10 Å². The molecule has 4 aromatic rings. The van der Waals surface area contributed by atoms with Gasteiger partial charge in [-0.15, -0.1) is 0 Å². The molecule has 34 heavy (non-hydrogen) atoms. The van der Waals surface area contributed by atoms with E-state index in [9.17, 15) is 9.90 Å². The van der Waals surface area contributed by atoms with Crippen LogP contribution in [0.15, 0.2) is 53.8 Å². The molecule has 0 amide bonds. The maximum atomic E-state index is 13.7. The van der Waals surface area contributed by atoms with Crippen LogP contribution in [0.1, 0.15) is 31.7 Å². The quantitative estimate of drug-likeness (QED) is 0.476. The van der Waals surface area contributed by atoms with Gasteiger partial charge in [0.2, 0.25) is 0 Å². The molecule has 0 bridgehead atoms. The minimum Gasteiger partial charge on any atom is -0.391 e. The van der Waals surface area contributed by atoms with Gasteiger partial charge in [-0.25, -0.2) is 4.98 Å². The van der Waals surface area contributed by atoms with E-state index in [4.69, 9.17) is 4.98 Å². The van der Waals surface area contributed by atoms with Crippen molar-refractivity contribution in [3.63, 3.8) is 0 Å². The zero-order valence-electron chi connectivity index (χ0n) is 19.5. The molecule has 2 aliphatic rings. The molecule has 176 valence electrons. The van der Waals surface area contributed by atoms with E-state index in [-0.39, 0.29) is 11.6 Å². The van der Waals surface area contributed by atoms with Crippen LogP contribution in [-0.2, 0) is 7.05 Å². The number of aliphatic hydroxyl groups is 1. The molecule has 1 N–H and O–H groups in total. The SMILES string of the molecule is Cn1cc(N2CCN(c3cc4c(=O)n([C@H]5CCCC[C@@H]5O)cnc4c4ccccc34)CC2)cn1. The topological polar surface area (TPSA) is 79.4 Å². The number of benzene rings is 2. The summed E-state index contributed by atoms with van der Waals surface area (Å²) in [6.45, 7) is 3.51. The molecule has 8 nitrogen and oxygen atoms in total. The van der Waals surface area contributed by atoms with Gasteiger partial charge in [0, 0.05) is 55.9 Å². The van der Waals surface area contributed by atoms with Crippen LogP contribution >= 0.6 is 0 Å². The molecular formula is C26H30N6O2. The third kappa shape index (κ3) is 3.53. The Morgan fingerprint density at radius 3 is 2.44 bits per heavy atom. The Morgan fingerprint density at radius 2 is 1.71 bits per heavy atom. The molecule has 8 heteroatoms. The zero-order valence-corrected chi connectivity index (χ0v) is 19.5. The second-order valence-corrected chi connectivity index (χ2v) is 9.56. The average Bonchev–Trinajstić information content (AvgIpc) is 3.31. The fourth-order valence-electron chi connectivity index (χ4n) is 5.65. The molecular weight excluding hydrogens is 428 g/mol. The number of aryl methyl sites for hydroxylation is 1. The second-order valence-electron chi connectivity index (χ2n) is 9.56. The molecule has 6 rings (SSSR count). The molecule has 1 saturated heterocycles. The lowest BCUT2D eigenvalue weighted by atomic mass is 9.92. The summed E-state index contributed by atoms with van der Waals surface area (Å²) in [7, 11) is 1.94. The summed E-state index contributed by atoms with van der Waals surface area (Å²) in [6.07, 6.45) is 8.69. The van der Waals surface area contributed by atoms with Gasteiger partial charge in [0.05, 0.1) is 41.3 Å². The van der Waals surface area contributed by atoms with Crippen molar-refractivity contribution in [2.24, 2.45) is 7.05 Å². The molecule has 2 fully saturated rings. The predicted molar refractivity (Wildman–Crippen MR) is 135 cm³/mol. The fraction of sp³-hybridized carbons (Fsp3) is 0.423. The summed E-state index contributed by atoms with van der Waals surface area (Å²) in [5.41, 5.74) is 2.90. The van der Waals surface area contributed by atoms with E-state index in [1.165, 1.54) is 0 Å². The lowest BCUT2D eigenvalue weighted by Gasteiger charge is -2.37. The Hall–Kier alpha value is -3.39. The molecule has 3 heterocycles. The normalized spacial score (nSPS) is 21.5. The van der Waals surface area contributed by atoms with Crippen LogP contribution in [0.5, 0.6) is 0 Å². The van der Waals surface area contributed by atoms with E-state index in [1.807, 2.05) is 36.1 Å². The van der Waals surface area contributed by atoms with Crippen LogP contribution < -0.4 is 15.4 Å². The number of hydrogen-bond donors (Lipinski definition) is 1. The number of nitrogens with zero attached hydrogens (tertiary/aromatic N) is 6. The summed E-state index contributed by atoms with van der Waals surface area (Å²) in [4.78, 5) is 23.1. The fourth-order valence-corrected chi connectivity index (χ4v) is 5.65. The maximum absolute atomic E-state index is 13.7. The average molecular weight is 459 g/mol. The first-order valence-corrected chi connectivity index (χ1v) is 12.2. The molecule has 1 aliphatic heterocycles. The number of hydrogen-bond acceptors (Lipinski definition) is 6. The highest BCUT2D eigenvalue weighted by molar-refractivity contribution is 6.11. The van der Waals surface area contributed by atoms with Crippen LogP contribution in [0.2, 0.25) is 0 Å². The minimum absolute atomic E-state index is 0.0584. The molecule has 0 radical (unpaired) electrons. The van der Waals surface area contributed by atoms with Crippen LogP contribution in [0.4, 0.5) is 11.4 Å². The third-order valence-corrected chi connectivity index (χ3v) is 7.50. The summed E-state index contributed by atoms with van der Waals surface area (Å²) in [6, 6.07) is 10.1. The van der Waals surface area contributed by atoms with Gasteiger partial charge >= 0.3 is 0 Å². The molecule has 2 aromatic carbocycles. The monoisotopic (exact) mass is 458 g/mol. The van der Waals surface area contributed by atoms with Crippen molar-refractivity contribution in [1.82, 2.24) is 19.3 Å². The number of piperazine rings is 1. The van der Waals surface area contributed by atoms with Crippen molar-refractivity contribution in [1.29, 1.82) is 0 Å². The van der Waals surface area contributed by atoms with Crippen LogP contribution in [0.3, 0.4) is 0 Å². The second kappa shape index (κ2) is 8.43. The molecule has 2 aromatic heterocycles. The first kappa shape index (κ1) is 21.2. The first-order valence-electron chi connectivity index (χ1n) is 12.2. The van der Waals surface area contributed by atoms with Gasteiger partial charge < -0.3 is 14.9 Å². The van der Waals surface area contributed by atoms with E-state index >= 15 is 0 Å². The highest BCUT2D eigenvalue weighted by Gasteiger charge is 2.27. The number of rotatable bonds is 3. The Labute approximate surface area is 198 Å². The maximum Gasteiger partial charge on any atom is 0.261 e. The van der Waals surface area contributed by atoms with Crippen molar-refractivity contribution in [3.05, 3.63) is 59.4 Å². The van der Waals surface area contributed by atoms with Gasteiger partial charge in [-0.3, -0.25) is 14.0 Å². The van der Waals surface area contributed by atoms with Gasteiger partial charge in [-0.1, -0.05) is 37.1 Å². The number of aliphatic hydroxyl groups excluding tert-OH is 1.